The van der Waals surface area contributed by atoms with E-state index in [0.717, 1.165) is 6.42 Å². The molecule has 0 aromatic rings. The second kappa shape index (κ2) is 14.0. The van der Waals surface area contributed by atoms with Crippen LogP contribution in [0.15, 0.2) is 35.6 Å². The van der Waals surface area contributed by atoms with Gasteiger partial charge in [-0.05, 0) is 56.6 Å². The summed E-state index contributed by atoms with van der Waals surface area (Å²) in [4.78, 5) is 48.6. The molecule has 194 valence electrons. The fraction of sp³-hybridized carbons (Fsp3) is 0.630. The van der Waals surface area contributed by atoms with Crippen LogP contribution >= 0.6 is 0 Å². The van der Waals surface area contributed by atoms with Crippen molar-refractivity contribution >= 4 is 23.6 Å². The number of aliphatic hydroxyl groups is 1. The van der Waals surface area contributed by atoms with Crippen molar-refractivity contribution in [3.05, 3.63) is 35.6 Å². The third-order valence-electron chi connectivity index (χ3n) is 6.64. The number of rotatable bonds is 7. The Balaban J connectivity index is 2.12. The number of nitrogens with one attached hydrogen (secondary N) is 1. The standard InChI is InChI=1S/C27H39NO7/c1-17-14-18(2)27(35-25(32)13-8-6-5-7-12-22(34-4)26(17)33)19(3)21(29)11-9-10-20-15-23(30)28-24(31)16-20/h8,12-14,17,19-20,26-27,33H,5-7,9-11,15-16H2,1-4H3,(H,28,30,31)/b13-8+,18-14-,22-12+/t17-,19?,26-,27+/m0/s1. The molecule has 1 fully saturated rings. The molecule has 2 N–H and O–H groups in total. The van der Waals surface area contributed by atoms with Crippen LogP contribution in [0, 0.1) is 17.8 Å². The van der Waals surface area contributed by atoms with Gasteiger partial charge in [-0.3, -0.25) is 19.7 Å². The van der Waals surface area contributed by atoms with Crippen LogP contribution in [0.5, 0.6) is 0 Å². The van der Waals surface area contributed by atoms with E-state index in [2.05, 4.69) is 5.32 Å². The van der Waals surface area contributed by atoms with Crippen molar-refractivity contribution in [3.63, 3.8) is 0 Å². The predicted molar refractivity (Wildman–Crippen MR) is 131 cm³/mol. The van der Waals surface area contributed by atoms with E-state index >= 15 is 0 Å². The third kappa shape index (κ3) is 9.09. The number of hydrogen-bond acceptors (Lipinski definition) is 7. The molecule has 2 amide bonds. The number of ketones is 1. The van der Waals surface area contributed by atoms with Gasteiger partial charge in [-0.15, -0.1) is 0 Å². The van der Waals surface area contributed by atoms with Crippen LogP contribution in [0.25, 0.3) is 0 Å². The Kier molecular flexibility index (Phi) is 11.4. The maximum atomic E-state index is 13.0. The fourth-order valence-corrected chi connectivity index (χ4v) is 4.62. The van der Waals surface area contributed by atoms with Crippen LogP contribution < -0.4 is 5.32 Å². The Morgan fingerprint density at radius 1 is 1.23 bits per heavy atom. The smallest absolute Gasteiger partial charge is 0.331 e. The van der Waals surface area contributed by atoms with E-state index in [1.807, 2.05) is 19.1 Å². The molecular formula is C27H39NO7. The summed E-state index contributed by atoms with van der Waals surface area (Å²) in [6.07, 6.45) is 9.39. The molecule has 0 aromatic carbocycles. The molecular weight excluding hydrogens is 450 g/mol. The molecule has 0 saturated carbocycles. The average molecular weight is 490 g/mol. The van der Waals surface area contributed by atoms with Gasteiger partial charge >= 0.3 is 5.97 Å². The summed E-state index contributed by atoms with van der Waals surface area (Å²) in [6.45, 7) is 5.38. The van der Waals surface area contributed by atoms with Gasteiger partial charge in [-0.25, -0.2) is 4.79 Å². The minimum Gasteiger partial charge on any atom is -0.499 e. The Hall–Kier alpha value is -2.74. The summed E-state index contributed by atoms with van der Waals surface area (Å²) < 4.78 is 11.1. The van der Waals surface area contributed by atoms with Crippen molar-refractivity contribution in [2.24, 2.45) is 17.8 Å². The van der Waals surface area contributed by atoms with Gasteiger partial charge in [-0.2, -0.15) is 0 Å². The predicted octanol–water partition coefficient (Wildman–Crippen LogP) is 3.54. The zero-order valence-corrected chi connectivity index (χ0v) is 21.2. The lowest BCUT2D eigenvalue weighted by Gasteiger charge is -2.26. The first kappa shape index (κ1) is 28.5. The van der Waals surface area contributed by atoms with E-state index in [9.17, 15) is 24.3 Å². The van der Waals surface area contributed by atoms with Gasteiger partial charge in [0, 0.05) is 31.3 Å². The lowest BCUT2D eigenvalue weighted by molar-refractivity contribution is -0.145. The number of ether oxygens (including phenoxy) is 2. The number of carbonyl (C=O) groups excluding carboxylic acids is 4. The number of methoxy groups -OCH3 is 1. The van der Waals surface area contributed by atoms with Gasteiger partial charge in [0.25, 0.3) is 0 Å². The monoisotopic (exact) mass is 489 g/mol. The van der Waals surface area contributed by atoms with Crippen molar-refractivity contribution in [2.45, 2.75) is 84.3 Å². The molecule has 0 bridgehead atoms. The first-order valence-electron chi connectivity index (χ1n) is 12.4. The van der Waals surface area contributed by atoms with Crippen molar-refractivity contribution < 1.29 is 33.8 Å². The summed E-state index contributed by atoms with van der Waals surface area (Å²) in [5.74, 6) is -1.57. The molecule has 8 heteroatoms. The largest absolute Gasteiger partial charge is 0.499 e. The van der Waals surface area contributed by atoms with E-state index < -0.39 is 24.1 Å². The summed E-state index contributed by atoms with van der Waals surface area (Å²) in [7, 11) is 1.53. The second-order valence-corrected chi connectivity index (χ2v) is 9.61. The zero-order chi connectivity index (χ0) is 26.0. The number of esters is 1. The van der Waals surface area contributed by atoms with Gasteiger partial charge in [0.05, 0.1) is 13.0 Å². The first-order valence-corrected chi connectivity index (χ1v) is 12.4. The molecule has 2 aliphatic rings. The number of allylic oxidation sites excluding steroid dienone is 2. The lowest BCUT2D eigenvalue weighted by atomic mass is 9.87. The van der Waals surface area contributed by atoms with Crippen molar-refractivity contribution in [1.82, 2.24) is 5.32 Å². The minimum absolute atomic E-state index is 0.0521. The number of aliphatic hydroxyl groups excluding tert-OH is 1. The van der Waals surface area contributed by atoms with Gasteiger partial charge in [0.1, 0.15) is 23.8 Å². The number of cyclic esters (lactones) is 1. The number of hydrogen-bond donors (Lipinski definition) is 2. The second-order valence-electron chi connectivity index (χ2n) is 9.61. The molecule has 0 spiro atoms. The van der Waals surface area contributed by atoms with E-state index in [1.165, 1.54) is 13.2 Å². The van der Waals surface area contributed by atoms with Crippen LogP contribution in [0.4, 0.5) is 0 Å². The number of carbonyl (C=O) groups is 4. The number of piperidine rings is 1. The quantitative estimate of drug-likeness (QED) is 0.319. The van der Waals surface area contributed by atoms with Crippen LogP contribution in [0.2, 0.25) is 0 Å². The normalized spacial score (nSPS) is 30.0. The van der Waals surface area contributed by atoms with E-state index in [0.29, 0.717) is 49.9 Å². The fourth-order valence-electron chi connectivity index (χ4n) is 4.62. The van der Waals surface area contributed by atoms with Crippen molar-refractivity contribution in [3.8, 4) is 0 Å². The molecule has 2 rings (SSSR count). The molecule has 1 unspecified atom stereocenters. The van der Waals surface area contributed by atoms with Crippen molar-refractivity contribution in [1.29, 1.82) is 0 Å². The van der Waals surface area contributed by atoms with E-state index in [4.69, 9.17) is 9.47 Å². The molecule has 0 radical (unpaired) electrons. The summed E-state index contributed by atoms with van der Waals surface area (Å²) in [6, 6.07) is 0. The minimum atomic E-state index is -0.855. The van der Waals surface area contributed by atoms with E-state index in [-0.39, 0.29) is 35.9 Å². The summed E-state index contributed by atoms with van der Waals surface area (Å²) in [5, 5.41) is 13.0. The average Bonchev–Trinajstić information content (AvgIpc) is 2.79. The highest BCUT2D eigenvalue weighted by Gasteiger charge is 2.30. The van der Waals surface area contributed by atoms with Crippen LogP contribution in [0.1, 0.15) is 72.1 Å². The topological polar surface area (TPSA) is 119 Å². The van der Waals surface area contributed by atoms with Crippen LogP contribution in [-0.4, -0.2) is 48.0 Å². The molecule has 0 aliphatic carbocycles. The Bertz CT molecular complexity index is 857. The third-order valence-corrected chi connectivity index (χ3v) is 6.64. The number of Topliss-reactive ketones (excluding diaryl/α,β-unsaturated/α-hetero) is 1. The summed E-state index contributed by atoms with van der Waals surface area (Å²) in [5.41, 5.74) is 0.682. The van der Waals surface area contributed by atoms with Gasteiger partial charge in [0.15, 0.2) is 0 Å². The Morgan fingerprint density at radius 2 is 1.91 bits per heavy atom. The first-order chi connectivity index (χ1) is 16.6. The molecule has 35 heavy (non-hydrogen) atoms. The molecule has 0 aromatic heterocycles. The molecule has 2 aliphatic heterocycles. The molecule has 1 saturated heterocycles. The maximum absolute atomic E-state index is 13.0. The van der Waals surface area contributed by atoms with Crippen LogP contribution in [-0.2, 0) is 28.7 Å². The lowest BCUT2D eigenvalue weighted by Crippen LogP contribution is -2.38. The number of amides is 2. The number of imide groups is 1. The molecule has 8 nitrogen and oxygen atoms in total. The van der Waals surface area contributed by atoms with Crippen LogP contribution in [0.3, 0.4) is 0 Å². The van der Waals surface area contributed by atoms with Gasteiger partial charge in [-0.1, -0.05) is 26.0 Å². The molecule has 2 heterocycles. The molecule has 4 atom stereocenters. The summed E-state index contributed by atoms with van der Waals surface area (Å²) >= 11 is 0. The Morgan fingerprint density at radius 3 is 2.57 bits per heavy atom. The zero-order valence-electron chi connectivity index (χ0n) is 21.2. The highest BCUT2D eigenvalue weighted by Crippen LogP contribution is 2.26. The SMILES string of the molecule is CO/C1=C/CCC/C=C/C(=O)O[C@@H](C(C)C(=O)CCCC2CC(=O)NC(=O)C2)/C(C)=C\[C@H](C)[C@@H]1O. The van der Waals surface area contributed by atoms with Crippen molar-refractivity contribution in [2.75, 3.05) is 7.11 Å². The Labute approximate surface area is 207 Å². The van der Waals surface area contributed by atoms with Gasteiger partial charge < -0.3 is 14.6 Å². The maximum Gasteiger partial charge on any atom is 0.331 e. The highest BCUT2D eigenvalue weighted by atomic mass is 16.5. The highest BCUT2D eigenvalue weighted by molar-refractivity contribution is 5.97. The van der Waals surface area contributed by atoms with Gasteiger partial charge in [0.2, 0.25) is 11.8 Å². The van der Waals surface area contributed by atoms with E-state index in [1.54, 1.807) is 19.9 Å².